The van der Waals surface area contributed by atoms with Crippen molar-refractivity contribution in [1.82, 2.24) is 4.57 Å². The van der Waals surface area contributed by atoms with Gasteiger partial charge in [0.25, 0.3) is 0 Å². The maximum atomic E-state index is 12.0. The molecule has 6 nitrogen and oxygen atoms in total. The third-order valence-electron chi connectivity index (χ3n) is 3.49. The van der Waals surface area contributed by atoms with E-state index in [4.69, 9.17) is 9.47 Å². The highest BCUT2D eigenvalue weighted by Gasteiger charge is 2.16. The zero-order valence-electron chi connectivity index (χ0n) is 15.8. The van der Waals surface area contributed by atoms with Crippen molar-refractivity contribution in [3.05, 3.63) is 28.6 Å². The Hall–Kier alpha value is -2.55. The Morgan fingerprint density at radius 3 is 2.44 bits per heavy atom. The minimum absolute atomic E-state index is 0.151. The lowest BCUT2D eigenvalue weighted by molar-refractivity contribution is -0.159. The number of carbonyl (C=O) groups excluding carboxylic acids is 2. The van der Waals surface area contributed by atoms with Gasteiger partial charge in [-0.25, -0.2) is 9.59 Å². The first-order chi connectivity index (χ1) is 11.6. The zero-order valence-corrected chi connectivity index (χ0v) is 15.8. The molecule has 25 heavy (non-hydrogen) atoms. The van der Waals surface area contributed by atoms with Gasteiger partial charge in [-0.1, -0.05) is 13.8 Å². The summed E-state index contributed by atoms with van der Waals surface area (Å²) in [6, 6.07) is 3.76. The predicted molar refractivity (Wildman–Crippen MR) is 94.5 cm³/mol. The Kier molecular flexibility index (Phi) is 7.43. The van der Waals surface area contributed by atoms with Crippen LogP contribution in [0.3, 0.4) is 0 Å². The SMILES string of the molecule is Cc1cc(/C=C(/C#N)C(=O)OCC(=O)OC(C)C)c(C)n1CC(C)C. The lowest BCUT2D eigenvalue weighted by atomic mass is 10.1. The molecule has 0 N–H and O–H groups in total. The second-order valence-corrected chi connectivity index (χ2v) is 6.62. The third-order valence-corrected chi connectivity index (χ3v) is 3.49. The molecule has 6 heteroatoms. The van der Waals surface area contributed by atoms with Crippen LogP contribution in [-0.2, 0) is 25.6 Å². The number of ether oxygens (including phenoxy) is 2. The summed E-state index contributed by atoms with van der Waals surface area (Å²) in [6.07, 6.45) is 1.21. The molecule has 1 aromatic heterocycles. The van der Waals surface area contributed by atoms with Crippen LogP contribution in [0.25, 0.3) is 6.08 Å². The molecule has 0 fully saturated rings. The van der Waals surface area contributed by atoms with Gasteiger partial charge in [0.2, 0.25) is 0 Å². The highest BCUT2D eigenvalue weighted by atomic mass is 16.6. The molecule has 0 aromatic carbocycles. The quantitative estimate of drug-likeness (QED) is 0.430. The zero-order chi connectivity index (χ0) is 19.1. The van der Waals surface area contributed by atoms with Gasteiger partial charge in [0.05, 0.1) is 6.10 Å². The molecule has 1 heterocycles. The number of hydrogen-bond donors (Lipinski definition) is 0. The average molecular weight is 346 g/mol. The van der Waals surface area contributed by atoms with Crippen molar-refractivity contribution >= 4 is 18.0 Å². The summed E-state index contributed by atoms with van der Waals surface area (Å²) >= 11 is 0. The molecule has 0 aliphatic heterocycles. The van der Waals surface area contributed by atoms with Crippen molar-refractivity contribution in [1.29, 1.82) is 5.26 Å². The first kappa shape index (κ1) is 20.5. The maximum absolute atomic E-state index is 12.0. The van der Waals surface area contributed by atoms with Gasteiger partial charge in [-0.3, -0.25) is 0 Å². The van der Waals surface area contributed by atoms with Gasteiger partial charge in [0.1, 0.15) is 11.6 Å². The van der Waals surface area contributed by atoms with Crippen LogP contribution in [0.15, 0.2) is 11.6 Å². The van der Waals surface area contributed by atoms with Crippen LogP contribution in [-0.4, -0.2) is 29.2 Å². The van der Waals surface area contributed by atoms with E-state index in [-0.39, 0.29) is 11.7 Å². The Balaban J connectivity index is 2.91. The van der Waals surface area contributed by atoms with E-state index < -0.39 is 18.5 Å². The predicted octanol–water partition coefficient (Wildman–Crippen LogP) is 3.16. The van der Waals surface area contributed by atoms with E-state index in [1.807, 2.05) is 26.0 Å². The number of esters is 2. The lowest BCUT2D eigenvalue weighted by Crippen LogP contribution is -2.20. The molecule has 0 unspecified atom stereocenters. The van der Waals surface area contributed by atoms with Crippen molar-refractivity contribution in [3.63, 3.8) is 0 Å². The standard InChI is InChI=1S/C19H26N2O4/c1-12(2)10-21-14(5)7-16(15(21)6)8-17(9-20)19(23)24-11-18(22)25-13(3)4/h7-8,12-13H,10-11H2,1-6H3/b17-8-. The fourth-order valence-electron chi connectivity index (χ4n) is 2.41. The molecule has 0 saturated carbocycles. The number of aromatic nitrogens is 1. The summed E-state index contributed by atoms with van der Waals surface area (Å²) in [5, 5.41) is 9.24. The lowest BCUT2D eigenvalue weighted by Gasteiger charge is -2.12. The van der Waals surface area contributed by atoms with Crippen molar-refractivity contribution in [3.8, 4) is 6.07 Å². The van der Waals surface area contributed by atoms with Gasteiger partial charge in [-0.15, -0.1) is 0 Å². The van der Waals surface area contributed by atoms with E-state index in [1.165, 1.54) is 6.08 Å². The van der Waals surface area contributed by atoms with E-state index in [0.717, 1.165) is 23.5 Å². The smallest absolute Gasteiger partial charge is 0.349 e. The van der Waals surface area contributed by atoms with Crippen LogP contribution in [0.5, 0.6) is 0 Å². The molecular weight excluding hydrogens is 320 g/mol. The van der Waals surface area contributed by atoms with Crippen molar-refractivity contribution in [2.75, 3.05) is 6.61 Å². The molecule has 0 amide bonds. The number of carbonyl (C=O) groups is 2. The van der Waals surface area contributed by atoms with Gasteiger partial charge in [0.15, 0.2) is 6.61 Å². The Morgan fingerprint density at radius 1 is 1.28 bits per heavy atom. The molecule has 1 aromatic rings. The molecule has 0 atom stereocenters. The molecule has 0 saturated heterocycles. The summed E-state index contributed by atoms with van der Waals surface area (Å²) in [6.45, 7) is 11.9. The Bertz CT molecular complexity index is 706. The first-order valence-corrected chi connectivity index (χ1v) is 8.30. The summed E-state index contributed by atoms with van der Waals surface area (Å²) in [4.78, 5) is 23.4. The summed E-state index contributed by atoms with van der Waals surface area (Å²) in [5.41, 5.74) is 2.67. The van der Waals surface area contributed by atoms with Gasteiger partial charge in [0, 0.05) is 17.9 Å². The number of aryl methyl sites for hydroxylation is 1. The summed E-state index contributed by atoms with van der Waals surface area (Å²) in [7, 11) is 0. The fourth-order valence-corrected chi connectivity index (χ4v) is 2.41. The van der Waals surface area contributed by atoms with E-state index in [2.05, 4.69) is 18.4 Å². The van der Waals surface area contributed by atoms with Crippen LogP contribution in [0.2, 0.25) is 0 Å². The van der Waals surface area contributed by atoms with Gasteiger partial charge in [-0.2, -0.15) is 5.26 Å². The largest absolute Gasteiger partial charge is 0.460 e. The van der Waals surface area contributed by atoms with Crippen molar-refractivity contribution < 1.29 is 19.1 Å². The average Bonchev–Trinajstić information content (AvgIpc) is 2.76. The van der Waals surface area contributed by atoms with Crippen LogP contribution in [0.1, 0.15) is 44.6 Å². The maximum Gasteiger partial charge on any atom is 0.349 e. The molecule has 0 bridgehead atoms. The highest BCUT2D eigenvalue weighted by Crippen LogP contribution is 2.20. The van der Waals surface area contributed by atoms with Gasteiger partial charge < -0.3 is 14.0 Å². The minimum atomic E-state index is -0.836. The number of nitriles is 1. The monoisotopic (exact) mass is 346 g/mol. The number of hydrogen-bond acceptors (Lipinski definition) is 5. The Morgan fingerprint density at radius 2 is 1.92 bits per heavy atom. The van der Waals surface area contributed by atoms with E-state index in [9.17, 15) is 14.9 Å². The topological polar surface area (TPSA) is 81.3 Å². The van der Waals surface area contributed by atoms with Gasteiger partial charge in [-0.05, 0) is 51.3 Å². The second kappa shape index (κ2) is 9.07. The molecule has 136 valence electrons. The molecule has 0 aliphatic carbocycles. The molecule has 0 aliphatic rings. The second-order valence-electron chi connectivity index (χ2n) is 6.62. The molecular formula is C19H26N2O4. The molecule has 1 rings (SSSR count). The van der Waals surface area contributed by atoms with E-state index in [0.29, 0.717) is 5.92 Å². The van der Waals surface area contributed by atoms with E-state index >= 15 is 0 Å². The van der Waals surface area contributed by atoms with Gasteiger partial charge >= 0.3 is 11.9 Å². The molecule has 0 spiro atoms. The normalized spacial score (nSPS) is 11.6. The summed E-state index contributed by atoms with van der Waals surface area (Å²) in [5.74, 6) is -0.998. The summed E-state index contributed by atoms with van der Waals surface area (Å²) < 4.78 is 11.9. The highest BCUT2D eigenvalue weighted by molar-refractivity contribution is 5.98. The fraction of sp³-hybridized carbons (Fsp3) is 0.526. The minimum Gasteiger partial charge on any atom is -0.460 e. The third kappa shape index (κ3) is 6.11. The van der Waals surface area contributed by atoms with Crippen LogP contribution in [0.4, 0.5) is 0 Å². The number of rotatable bonds is 7. The Labute approximate surface area is 149 Å². The molecule has 0 radical (unpaired) electrons. The first-order valence-electron chi connectivity index (χ1n) is 8.30. The van der Waals surface area contributed by atoms with Crippen LogP contribution >= 0.6 is 0 Å². The van der Waals surface area contributed by atoms with Crippen LogP contribution in [0, 0.1) is 31.1 Å². The van der Waals surface area contributed by atoms with Crippen molar-refractivity contribution in [2.24, 2.45) is 5.92 Å². The van der Waals surface area contributed by atoms with Crippen LogP contribution < -0.4 is 0 Å². The number of nitrogens with zero attached hydrogens (tertiary/aromatic N) is 2. The van der Waals surface area contributed by atoms with Crippen molar-refractivity contribution in [2.45, 2.75) is 54.2 Å². The van der Waals surface area contributed by atoms with E-state index in [1.54, 1.807) is 13.8 Å².